The van der Waals surface area contributed by atoms with Crippen LogP contribution >= 0.6 is 0 Å². The Morgan fingerprint density at radius 2 is 1.65 bits per heavy atom. The molecule has 0 atom stereocenters. The van der Waals surface area contributed by atoms with Crippen molar-refractivity contribution < 1.29 is 0 Å². The maximum absolute atomic E-state index is 12.3. The van der Waals surface area contributed by atoms with Gasteiger partial charge in [0, 0.05) is 13.1 Å². The molecule has 4 heteroatoms. The quantitative estimate of drug-likeness (QED) is 0.784. The minimum atomic E-state index is 0.120. The van der Waals surface area contributed by atoms with Gasteiger partial charge in [0.1, 0.15) is 0 Å². The molecule has 1 aromatic carbocycles. The number of para-hydroxylation sites is 2. The molecular formula is C19H33N3O. The molecule has 0 amide bonds. The van der Waals surface area contributed by atoms with Gasteiger partial charge in [-0.15, -0.1) is 0 Å². The molecule has 130 valence electrons. The van der Waals surface area contributed by atoms with Crippen LogP contribution in [0.5, 0.6) is 0 Å². The first-order valence-electron chi connectivity index (χ1n) is 8.94. The fourth-order valence-electron chi connectivity index (χ4n) is 2.58. The molecule has 2 rings (SSSR count). The second-order valence-corrected chi connectivity index (χ2v) is 6.35. The molecule has 0 spiro atoms. The first-order chi connectivity index (χ1) is 11.1. The van der Waals surface area contributed by atoms with E-state index in [2.05, 4.69) is 20.8 Å². The van der Waals surface area contributed by atoms with Crippen molar-refractivity contribution in [2.45, 2.75) is 66.5 Å². The number of aryl methyl sites for hydroxylation is 2. The molecule has 0 aliphatic heterocycles. The van der Waals surface area contributed by atoms with Crippen molar-refractivity contribution >= 4 is 11.0 Å². The summed E-state index contributed by atoms with van der Waals surface area (Å²) in [6.45, 7) is 11.0. The highest BCUT2D eigenvalue weighted by molar-refractivity contribution is 5.75. The Bertz CT molecular complexity index is 621. The van der Waals surface area contributed by atoms with Crippen molar-refractivity contribution in [3.8, 4) is 0 Å². The number of nitrogens with two attached hydrogens (primary N) is 1. The number of benzene rings is 1. The number of fused-ring (bicyclic) bond motifs is 1. The van der Waals surface area contributed by atoms with E-state index >= 15 is 0 Å². The lowest BCUT2D eigenvalue weighted by molar-refractivity contribution is 0.508. The number of rotatable bonds is 7. The van der Waals surface area contributed by atoms with Gasteiger partial charge in [0.2, 0.25) is 0 Å². The van der Waals surface area contributed by atoms with Crippen molar-refractivity contribution in [1.82, 2.24) is 9.13 Å². The van der Waals surface area contributed by atoms with E-state index < -0.39 is 0 Å². The summed E-state index contributed by atoms with van der Waals surface area (Å²) in [4.78, 5) is 12.3. The Hall–Kier alpha value is -1.55. The van der Waals surface area contributed by atoms with E-state index in [0.717, 1.165) is 37.1 Å². The third kappa shape index (κ3) is 5.54. The number of imidazole rings is 1. The number of aromatic nitrogens is 2. The number of hydrogen-bond acceptors (Lipinski definition) is 2. The number of nitrogens with zero attached hydrogens (tertiary/aromatic N) is 2. The van der Waals surface area contributed by atoms with Crippen molar-refractivity contribution in [3.63, 3.8) is 0 Å². The standard InChI is InChI=1S/C14H20N2O.C5H13N/c1-4-15-12-7-5-6-8-13(12)16(14(15)17)10-9-11(2)3;1-2-3-4-5-6/h5-8,11H,4,9-10H2,1-3H3;2-6H2,1H3. The minimum Gasteiger partial charge on any atom is -0.330 e. The maximum Gasteiger partial charge on any atom is 0.329 e. The zero-order valence-electron chi connectivity index (χ0n) is 15.2. The van der Waals surface area contributed by atoms with Gasteiger partial charge in [-0.05, 0) is 44.4 Å². The van der Waals surface area contributed by atoms with Gasteiger partial charge >= 0.3 is 5.69 Å². The maximum atomic E-state index is 12.3. The molecule has 0 aliphatic rings. The third-order valence-electron chi connectivity index (χ3n) is 3.98. The van der Waals surface area contributed by atoms with E-state index in [9.17, 15) is 4.79 Å². The summed E-state index contributed by atoms with van der Waals surface area (Å²) in [6, 6.07) is 8.03. The first kappa shape index (κ1) is 19.5. The van der Waals surface area contributed by atoms with E-state index in [1.807, 2.05) is 40.3 Å². The van der Waals surface area contributed by atoms with Crippen LogP contribution in [-0.4, -0.2) is 15.7 Å². The molecule has 0 saturated carbocycles. The normalized spacial score (nSPS) is 10.9. The average molecular weight is 319 g/mol. The third-order valence-corrected chi connectivity index (χ3v) is 3.98. The van der Waals surface area contributed by atoms with Crippen molar-refractivity contribution in [3.05, 3.63) is 34.7 Å². The van der Waals surface area contributed by atoms with Gasteiger partial charge < -0.3 is 5.73 Å². The lowest BCUT2D eigenvalue weighted by Crippen LogP contribution is -2.24. The lowest BCUT2D eigenvalue weighted by Gasteiger charge is -2.05. The fourth-order valence-corrected chi connectivity index (χ4v) is 2.58. The zero-order valence-corrected chi connectivity index (χ0v) is 15.2. The van der Waals surface area contributed by atoms with Gasteiger partial charge in [0.05, 0.1) is 11.0 Å². The smallest absolute Gasteiger partial charge is 0.329 e. The predicted molar refractivity (Wildman–Crippen MR) is 99.9 cm³/mol. The van der Waals surface area contributed by atoms with Crippen molar-refractivity contribution in [2.24, 2.45) is 11.7 Å². The van der Waals surface area contributed by atoms with Crippen LogP contribution in [0.1, 0.15) is 53.4 Å². The van der Waals surface area contributed by atoms with E-state index in [0.29, 0.717) is 5.92 Å². The van der Waals surface area contributed by atoms with Crippen LogP contribution in [0.4, 0.5) is 0 Å². The van der Waals surface area contributed by atoms with Crippen LogP contribution in [0.3, 0.4) is 0 Å². The molecule has 0 fully saturated rings. The topological polar surface area (TPSA) is 52.9 Å². The zero-order chi connectivity index (χ0) is 17.2. The van der Waals surface area contributed by atoms with Crippen LogP contribution < -0.4 is 11.4 Å². The molecule has 2 aromatic rings. The summed E-state index contributed by atoms with van der Waals surface area (Å²) in [7, 11) is 0. The van der Waals surface area contributed by atoms with Crippen molar-refractivity contribution in [1.29, 1.82) is 0 Å². The molecule has 0 bridgehead atoms. The monoisotopic (exact) mass is 319 g/mol. The Kier molecular flexibility index (Phi) is 8.70. The molecule has 0 radical (unpaired) electrons. The summed E-state index contributed by atoms with van der Waals surface area (Å²) in [5, 5.41) is 0. The van der Waals surface area contributed by atoms with Crippen LogP contribution in [0.25, 0.3) is 11.0 Å². The molecule has 4 nitrogen and oxygen atoms in total. The highest BCUT2D eigenvalue weighted by Crippen LogP contribution is 2.14. The summed E-state index contributed by atoms with van der Waals surface area (Å²) in [5.41, 5.74) is 7.44. The summed E-state index contributed by atoms with van der Waals surface area (Å²) in [5.74, 6) is 0.616. The van der Waals surface area contributed by atoms with Gasteiger partial charge in [-0.25, -0.2) is 4.79 Å². The van der Waals surface area contributed by atoms with Gasteiger partial charge in [0.15, 0.2) is 0 Å². The van der Waals surface area contributed by atoms with Crippen LogP contribution in [0.15, 0.2) is 29.1 Å². The molecular weight excluding hydrogens is 286 g/mol. The Morgan fingerprint density at radius 3 is 2.09 bits per heavy atom. The van der Waals surface area contributed by atoms with Gasteiger partial charge in [-0.3, -0.25) is 9.13 Å². The molecule has 1 heterocycles. The molecule has 23 heavy (non-hydrogen) atoms. The van der Waals surface area contributed by atoms with Gasteiger partial charge in [0.25, 0.3) is 0 Å². The highest BCUT2D eigenvalue weighted by atomic mass is 16.1. The lowest BCUT2D eigenvalue weighted by atomic mass is 10.1. The Labute approximate surface area is 140 Å². The van der Waals surface area contributed by atoms with E-state index in [1.54, 1.807) is 0 Å². The van der Waals surface area contributed by atoms with Gasteiger partial charge in [-0.2, -0.15) is 0 Å². The second-order valence-electron chi connectivity index (χ2n) is 6.35. The van der Waals surface area contributed by atoms with Crippen LogP contribution in [0.2, 0.25) is 0 Å². The largest absolute Gasteiger partial charge is 0.330 e. The summed E-state index contributed by atoms with van der Waals surface area (Å²) < 4.78 is 3.74. The summed E-state index contributed by atoms with van der Waals surface area (Å²) >= 11 is 0. The van der Waals surface area contributed by atoms with E-state index in [4.69, 9.17) is 5.73 Å². The minimum absolute atomic E-state index is 0.120. The highest BCUT2D eigenvalue weighted by Gasteiger charge is 2.11. The van der Waals surface area contributed by atoms with Crippen molar-refractivity contribution in [2.75, 3.05) is 6.54 Å². The number of hydrogen-bond donors (Lipinski definition) is 1. The average Bonchev–Trinajstić information content (AvgIpc) is 2.82. The van der Waals surface area contributed by atoms with Crippen LogP contribution in [-0.2, 0) is 13.1 Å². The molecule has 0 unspecified atom stereocenters. The van der Waals surface area contributed by atoms with E-state index in [1.165, 1.54) is 19.3 Å². The second kappa shape index (κ2) is 10.3. The Balaban J connectivity index is 0.000000379. The molecule has 0 saturated heterocycles. The number of unbranched alkanes of at least 4 members (excludes halogenated alkanes) is 2. The van der Waals surface area contributed by atoms with Gasteiger partial charge in [-0.1, -0.05) is 45.7 Å². The molecule has 1 aromatic heterocycles. The van der Waals surface area contributed by atoms with E-state index in [-0.39, 0.29) is 5.69 Å². The predicted octanol–water partition coefficient (Wildman–Crippen LogP) is 4.00. The summed E-state index contributed by atoms with van der Waals surface area (Å²) in [6.07, 6.45) is 4.79. The first-order valence-corrected chi connectivity index (χ1v) is 8.94. The molecule has 2 N–H and O–H groups in total. The SMILES string of the molecule is CCCCCN.CCn1c(=O)n(CCC(C)C)c2ccccc21. The fraction of sp³-hybridized carbons (Fsp3) is 0.632. The Morgan fingerprint density at radius 1 is 1.04 bits per heavy atom. The van der Waals surface area contributed by atoms with Crippen LogP contribution in [0, 0.1) is 5.92 Å². The molecule has 0 aliphatic carbocycles.